The average Bonchev–Trinajstić information content (AvgIpc) is 2.56. The van der Waals surface area contributed by atoms with Crippen molar-refractivity contribution in [1.82, 2.24) is 0 Å². The minimum atomic E-state index is 0.383. The van der Waals surface area contributed by atoms with Crippen molar-refractivity contribution in [1.29, 1.82) is 0 Å². The van der Waals surface area contributed by atoms with Gasteiger partial charge in [-0.2, -0.15) is 0 Å². The maximum atomic E-state index is 8.80. The van der Waals surface area contributed by atoms with Crippen LogP contribution < -0.4 is 0 Å². The first-order chi connectivity index (χ1) is 4.81. The van der Waals surface area contributed by atoms with Crippen molar-refractivity contribution in [2.24, 2.45) is 23.7 Å². The molecule has 1 heteroatoms. The van der Waals surface area contributed by atoms with Crippen LogP contribution in [-0.2, 0) is 0 Å². The van der Waals surface area contributed by atoms with Crippen LogP contribution in [0.4, 0.5) is 0 Å². The van der Waals surface area contributed by atoms with E-state index in [1.165, 1.54) is 19.3 Å². The first-order valence-corrected chi connectivity index (χ1v) is 4.42. The third-order valence-electron chi connectivity index (χ3n) is 3.21. The highest BCUT2D eigenvalue weighted by Gasteiger charge is 2.52. The van der Waals surface area contributed by atoms with Gasteiger partial charge in [-0.1, -0.05) is 6.92 Å². The number of aliphatic hydroxyl groups excluding tert-OH is 1. The lowest BCUT2D eigenvalue weighted by molar-refractivity contribution is 0.173. The molecule has 58 valence electrons. The number of rotatable bonds is 3. The summed E-state index contributed by atoms with van der Waals surface area (Å²) in [4.78, 5) is 0. The molecule has 2 fully saturated rings. The molecule has 10 heavy (non-hydrogen) atoms. The average molecular weight is 140 g/mol. The smallest absolute Gasteiger partial charge is 0.0456 e. The van der Waals surface area contributed by atoms with Crippen LogP contribution in [0, 0.1) is 23.7 Å². The number of fused-ring (bicyclic) bond motifs is 1. The highest BCUT2D eigenvalue weighted by Crippen LogP contribution is 2.61. The van der Waals surface area contributed by atoms with E-state index in [1.54, 1.807) is 0 Å². The van der Waals surface area contributed by atoms with E-state index in [1.807, 2.05) is 0 Å². The molecule has 0 aromatic rings. The van der Waals surface area contributed by atoms with Crippen molar-refractivity contribution in [2.45, 2.75) is 26.2 Å². The topological polar surface area (TPSA) is 20.2 Å². The third-order valence-corrected chi connectivity index (χ3v) is 3.21. The van der Waals surface area contributed by atoms with Gasteiger partial charge in [0.2, 0.25) is 0 Å². The molecule has 2 rings (SSSR count). The Labute approximate surface area is 62.4 Å². The van der Waals surface area contributed by atoms with Crippen molar-refractivity contribution in [3.05, 3.63) is 0 Å². The molecule has 2 aliphatic carbocycles. The van der Waals surface area contributed by atoms with Crippen LogP contribution in [0.2, 0.25) is 0 Å². The van der Waals surface area contributed by atoms with Crippen molar-refractivity contribution in [2.75, 3.05) is 6.61 Å². The fourth-order valence-electron chi connectivity index (χ4n) is 2.35. The summed E-state index contributed by atoms with van der Waals surface area (Å²) in [5.74, 6) is 3.75. The lowest BCUT2D eigenvalue weighted by Gasteiger charge is -2.26. The number of aliphatic hydroxyl groups is 1. The molecular formula is C9H16O. The summed E-state index contributed by atoms with van der Waals surface area (Å²) in [6.07, 6.45) is 4.25. The maximum Gasteiger partial charge on any atom is 0.0456 e. The van der Waals surface area contributed by atoms with Gasteiger partial charge in [-0.15, -0.1) is 0 Å². The molecule has 0 saturated heterocycles. The molecule has 0 spiro atoms. The molecule has 2 aliphatic rings. The lowest BCUT2D eigenvalue weighted by atomic mass is 9.79. The minimum absolute atomic E-state index is 0.383. The second-order valence-corrected chi connectivity index (χ2v) is 4.18. The fraction of sp³-hybridized carbons (Fsp3) is 1.00. The van der Waals surface area contributed by atoms with Gasteiger partial charge in [0.1, 0.15) is 0 Å². The van der Waals surface area contributed by atoms with Crippen LogP contribution in [0.25, 0.3) is 0 Å². The van der Waals surface area contributed by atoms with Crippen LogP contribution in [0.5, 0.6) is 0 Å². The molecule has 0 aromatic heterocycles. The van der Waals surface area contributed by atoms with Gasteiger partial charge in [-0.3, -0.25) is 0 Å². The minimum Gasteiger partial charge on any atom is -0.396 e. The van der Waals surface area contributed by atoms with E-state index in [2.05, 4.69) is 6.92 Å². The molecule has 0 aromatic carbocycles. The lowest BCUT2D eigenvalue weighted by Crippen LogP contribution is -2.19. The molecule has 2 saturated carbocycles. The second kappa shape index (κ2) is 2.23. The first kappa shape index (κ1) is 6.66. The van der Waals surface area contributed by atoms with E-state index in [9.17, 15) is 0 Å². The van der Waals surface area contributed by atoms with Crippen LogP contribution in [0.1, 0.15) is 26.2 Å². The van der Waals surface area contributed by atoms with Gasteiger partial charge in [-0.25, -0.2) is 0 Å². The maximum absolute atomic E-state index is 8.80. The summed E-state index contributed by atoms with van der Waals surface area (Å²) in [5.41, 5.74) is 0. The van der Waals surface area contributed by atoms with Gasteiger partial charge in [0, 0.05) is 6.61 Å². The Morgan fingerprint density at radius 3 is 2.70 bits per heavy atom. The molecule has 1 N–H and O–H groups in total. The predicted molar refractivity (Wildman–Crippen MR) is 40.6 cm³/mol. The summed E-state index contributed by atoms with van der Waals surface area (Å²) in [7, 11) is 0. The molecule has 4 unspecified atom stereocenters. The Kier molecular flexibility index (Phi) is 1.48. The van der Waals surface area contributed by atoms with E-state index in [0.29, 0.717) is 12.5 Å². The highest BCUT2D eigenvalue weighted by molar-refractivity contribution is 5.02. The Bertz CT molecular complexity index is 133. The van der Waals surface area contributed by atoms with E-state index < -0.39 is 0 Å². The Morgan fingerprint density at radius 1 is 1.50 bits per heavy atom. The number of hydrogen-bond acceptors (Lipinski definition) is 1. The highest BCUT2D eigenvalue weighted by atomic mass is 16.3. The van der Waals surface area contributed by atoms with Crippen LogP contribution in [0.15, 0.2) is 0 Å². The van der Waals surface area contributed by atoms with E-state index in [-0.39, 0.29) is 0 Å². The van der Waals surface area contributed by atoms with Crippen molar-refractivity contribution in [3.8, 4) is 0 Å². The zero-order valence-corrected chi connectivity index (χ0v) is 6.59. The Morgan fingerprint density at radius 2 is 2.30 bits per heavy atom. The molecule has 4 atom stereocenters. The molecule has 0 radical (unpaired) electrons. The standard InChI is InChI=1S/C9H16O/c1-6(5-10)2-7-3-8-4-9(7)8/h6-10H,2-5H2,1H3. The van der Waals surface area contributed by atoms with Crippen LogP contribution in [0.3, 0.4) is 0 Å². The predicted octanol–water partition coefficient (Wildman–Crippen LogP) is 1.66. The molecule has 0 heterocycles. The monoisotopic (exact) mass is 140 g/mol. The fourth-order valence-corrected chi connectivity index (χ4v) is 2.35. The molecule has 0 aliphatic heterocycles. The van der Waals surface area contributed by atoms with Gasteiger partial charge in [0.05, 0.1) is 0 Å². The van der Waals surface area contributed by atoms with Gasteiger partial charge in [-0.05, 0) is 42.9 Å². The van der Waals surface area contributed by atoms with Gasteiger partial charge in [0.25, 0.3) is 0 Å². The molecule has 0 bridgehead atoms. The Balaban J connectivity index is 1.70. The van der Waals surface area contributed by atoms with E-state index in [0.717, 1.165) is 17.8 Å². The zero-order chi connectivity index (χ0) is 7.14. The Hall–Kier alpha value is -0.0400. The quantitative estimate of drug-likeness (QED) is 0.632. The summed E-state index contributed by atoms with van der Waals surface area (Å²) in [5, 5.41) is 8.80. The van der Waals surface area contributed by atoms with Crippen LogP contribution in [-0.4, -0.2) is 11.7 Å². The van der Waals surface area contributed by atoms with Crippen molar-refractivity contribution < 1.29 is 5.11 Å². The SMILES string of the molecule is CC(CO)CC1CC2CC12. The molecule has 1 nitrogen and oxygen atoms in total. The summed E-state index contributed by atoms with van der Waals surface area (Å²) in [6, 6.07) is 0. The first-order valence-electron chi connectivity index (χ1n) is 4.42. The van der Waals surface area contributed by atoms with E-state index in [4.69, 9.17) is 5.11 Å². The third kappa shape index (κ3) is 0.968. The second-order valence-electron chi connectivity index (χ2n) is 4.18. The largest absolute Gasteiger partial charge is 0.396 e. The summed E-state index contributed by atoms with van der Waals surface area (Å²) < 4.78 is 0. The van der Waals surface area contributed by atoms with Crippen molar-refractivity contribution in [3.63, 3.8) is 0 Å². The summed E-state index contributed by atoms with van der Waals surface area (Å²) in [6.45, 7) is 2.53. The van der Waals surface area contributed by atoms with Crippen LogP contribution >= 0.6 is 0 Å². The van der Waals surface area contributed by atoms with Gasteiger partial charge in [0.15, 0.2) is 0 Å². The van der Waals surface area contributed by atoms with Gasteiger partial charge < -0.3 is 5.11 Å². The van der Waals surface area contributed by atoms with Gasteiger partial charge >= 0.3 is 0 Å². The molecule has 0 amide bonds. The molecular weight excluding hydrogens is 124 g/mol. The zero-order valence-electron chi connectivity index (χ0n) is 6.59. The van der Waals surface area contributed by atoms with Crippen molar-refractivity contribution >= 4 is 0 Å². The van der Waals surface area contributed by atoms with E-state index >= 15 is 0 Å². The normalized spacial score (nSPS) is 45.6. The summed E-state index contributed by atoms with van der Waals surface area (Å²) >= 11 is 0. The number of hydrogen-bond donors (Lipinski definition) is 1.